The maximum Gasteiger partial charge on any atom is 0.243 e. The molecule has 2 aliphatic rings. The Kier molecular flexibility index (Phi) is 6.60. The van der Waals surface area contributed by atoms with Crippen LogP contribution in [0, 0.1) is 6.92 Å². The minimum atomic E-state index is -3.48. The fourth-order valence-electron chi connectivity index (χ4n) is 4.68. The Morgan fingerprint density at radius 3 is 2.06 bits per heavy atom. The summed E-state index contributed by atoms with van der Waals surface area (Å²) in [5, 5.41) is 3.09. The number of piperazine rings is 1. The minimum absolute atomic E-state index is 0.0613. The van der Waals surface area contributed by atoms with Crippen LogP contribution >= 0.6 is 0 Å². The number of nitrogens with zero attached hydrogens (tertiary/aromatic N) is 2. The summed E-state index contributed by atoms with van der Waals surface area (Å²) in [7, 11) is -3.48. The van der Waals surface area contributed by atoms with Gasteiger partial charge >= 0.3 is 0 Å². The van der Waals surface area contributed by atoms with Crippen LogP contribution in [0.2, 0.25) is 0 Å². The topological polar surface area (TPSA) is 79.0 Å². The lowest BCUT2D eigenvalue weighted by atomic mass is 9.87. The zero-order chi connectivity index (χ0) is 24.4. The zero-order valence-corrected chi connectivity index (χ0v) is 20.5. The second kappa shape index (κ2) is 9.81. The molecular weight excluding hydrogens is 462 g/mol. The molecule has 182 valence electrons. The van der Waals surface area contributed by atoms with Crippen molar-refractivity contribution < 1.29 is 17.9 Å². The van der Waals surface area contributed by atoms with Crippen LogP contribution in [0.15, 0.2) is 77.7 Å². The molecule has 0 unspecified atom stereocenters. The third kappa shape index (κ3) is 4.82. The molecule has 2 heterocycles. The first-order chi connectivity index (χ1) is 16.9. The van der Waals surface area contributed by atoms with Crippen molar-refractivity contribution in [1.82, 2.24) is 14.5 Å². The Bertz CT molecular complexity index is 1270. The number of fused-ring (bicyclic) bond motifs is 2. The van der Waals surface area contributed by atoms with Crippen molar-refractivity contribution in [3.05, 3.63) is 89.5 Å². The number of ether oxygens (including phenoxy) is 1. The van der Waals surface area contributed by atoms with Gasteiger partial charge in [-0.3, -0.25) is 9.69 Å². The van der Waals surface area contributed by atoms with Gasteiger partial charge in [-0.1, -0.05) is 54.1 Å². The van der Waals surface area contributed by atoms with Crippen molar-refractivity contribution in [2.45, 2.75) is 17.7 Å². The van der Waals surface area contributed by atoms with Crippen LogP contribution < -0.4 is 10.1 Å². The molecule has 0 atom stereocenters. The molecule has 0 aromatic heterocycles. The van der Waals surface area contributed by atoms with Gasteiger partial charge in [0.1, 0.15) is 11.5 Å². The predicted octanol–water partition coefficient (Wildman–Crippen LogP) is 3.36. The van der Waals surface area contributed by atoms with Crippen LogP contribution in [-0.4, -0.2) is 62.8 Å². The van der Waals surface area contributed by atoms with E-state index < -0.39 is 15.9 Å². The van der Waals surface area contributed by atoms with Gasteiger partial charge in [-0.2, -0.15) is 4.31 Å². The molecule has 3 aromatic rings. The van der Waals surface area contributed by atoms with E-state index in [1.54, 1.807) is 16.4 Å². The number of hydrogen-bond acceptors (Lipinski definition) is 5. The van der Waals surface area contributed by atoms with Crippen molar-refractivity contribution in [2.24, 2.45) is 0 Å². The highest BCUT2D eigenvalue weighted by Crippen LogP contribution is 2.43. The first-order valence-corrected chi connectivity index (χ1v) is 13.3. The number of aryl methyl sites for hydroxylation is 1. The van der Waals surface area contributed by atoms with Crippen molar-refractivity contribution in [3.63, 3.8) is 0 Å². The summed E-state index contributed by atoms with van der Waals surface area (Å²) in [6.45, 7) is 5.22. The van der Waals surface area contributed by atoms with Crippen molar-refractivity contribution in [2.75, 3.05) is 39.3 Å². The summed E-state index contributed by atoms with van der Waals surface area (Å²) < 4.78 is 33.4. The van der Waals surface area contributed by atoms with E-state index in [9.17, 15) is 13.2 Å². The standard InChI is InChI=1S/C27H29N3O4S/c1-20-10-12-21(13-11-20)35(32,33)30-18-16-29(17-19-30)15-14-28-27(31)26-22-6-2-4-8-24(22)34-25-9-5-3-7-23(25)26/h2-13,26H,14-19H2,1H3,(H,28,31). The molecule has 8 heteroatoms. The summed E-state index contributed by atoms with van der Waals surface area (Å²) in [5.41, 5.74) is 2.75. The van der Waals surface area contributed by atoms with Crippen LogP contribution in [-0.2, 0) is 14.8 Å². The van der Waals surface area contributed by atoms with Crippen molar-refractivity contribution in [3.8, 4) is 11.5 Å². The van der Waals surface area contributed by atoms with Crippen LogP contribution in [0.4, 0.5) is 0 Å². The van der Waals surface area contributed by atoms with Crippen LogP contribution in [0.25, 0.3) is 0 Å². The Morgan fingerprint density at radius 1 is 0.886 bits per heavy atom. The van der Waals surface area contributed by atoms with Crippen molar-refractivity contribution in [1.29, 1.82) is 0 Å². The van der Waals surface area contributed by atoms with E-state index in [4.69, 9.17) is 4.74 Å². The summed E-state index contributed by atoms with van der Waals surface area (Å²) in [5.74, 6) is 0.927. The van der Waals surface area contributed by atoms with Gasteiger partial charge in [0.05, 0.1) is 10.8 Å². The number of nitrogens with one attached hydrogen (secondary N) is 1. The fourth-order valence-corrected chi connectivity index (χ4v) is 6.11. The second-order valence-electron chi connectivity index (χ2n) is 8.96. The molecule has 1 amide bonds. The van der Waals surface area contributed by atoms with E-state index in [0.717, 1.165) is 16.7 Å². The smallest absolute Gasteiger partial charge is 0.243 e. The summed E-state index contributed by atoms with van der Waals surface area (Å²) in [6, 6.07) is 22.3. The van der Waals surface area contributed by atoms with E-state index in [1.807, 2.05) is 67.6 Å². The molecule has 0 bridgehead atoms. The normalized spacial score (nSPS) is 16.7. The second-order valence-corrected chi connectivity index (χ2v) is 10.9. The minimum Gasteiger partial charge on any atom is -0.457 e. The number of carbonyl (C=O) groups is 1. The summed E-state index contributed by atoms with van der Waals surface area (Å²) >= 11 is 0. The lowest BCUT2D eigenvalue weighted by molar-refractivity contribution is -0.121. The summed E-state index contributed by atoms with van der Waals surface area (Å²) in [4.78, 5) is 15.8. The Balaban J connectivity index is 1.17. The third-order valence-electron chi connectivity index (χ3n) is 6.66. The Morgan fingerprint density at radius 2 is 1.46 bits per heavy atom. The first-order valence-electron chi connectivity index (χ1n) is 11.9. The van der Waals surface area contributed by atoms with Crippen LogP contribution in [0.1, 0.15) is 22.6 Å². The Labute approximate surface area is 206 Å². The molecule has 0 spiro atoms. The molecule has 5 rings (SSSR count). The average molecular weight is 492 g/mol. The fraction of sp³-hybridized carbons (Fsp3) is 0.296. The lowest BCUT2D eigenvalue weighted by Gasteiger charge is -2.34. The lowest BCUT2D eigenvalue weighted by Crippen LogP contribution is -2.50. The maximum atomic E-state index is 13.3. The van der Waals surface area contributed by atoms with Gasteiger partial charge < -0.3 is 10.1 Å². The highest BCUT2D eigenvalue weighted by molar-refractivity contribution is 7.89. The number of benzene rings is 3. The largest absolute Gasteiger partial charge is 0.457 e. The van der Waals surface area contributed by atoms with E-state index in [1.165, 1.54) is 0 Å². The molecule has 0 saturated carbocycles. The third-order valence-corrected chi connectivity index (χ3v) is 8.57. The maximum absolute atomic E-state index is 13.3. The molecule has 0 radical (unpaired) electrons. The molecule has 1 N–H and O–H groups in total. The van der Waals surface area contributed by atoms with Crippen molar-refractivity contribution >= 4 is 15.9 Å². The molecule has 0 aliphatic carbocycles. The van der Waals surface area contributed by atoms with Crippen LogP contribution in [0.3, 0.4) is 0 Å². The van der Waals surface area contributed by atoms with Gasteiger partial charge in [-0.05, 0) is 31.2 Å². The molecule has 1 fully saturated rings. The number of amides is 1. The zero-order valence-electron chi connectivity index (χ0n) is 19.7. The number of hydrogen-bond donors (Lipinski definition) is 1. The van der Waals surface area contributed by atoms with Gasteiger partial charge in [0.2, 0.25) is 15.9 Å². The van der Waals surface area contributed by atoms with E-state index in [0.29, 0.717) is 55.7 Å². The van der Waals surface area contributed by atoms with Gasteiger partial charge in [0.25, 0.3) is 0 Å². The number of sulfonamides is 1. The van der Waals surface area contributed by atoms with Crippen LogP contribution in [0.5, 0.6) is 11.5 Å². The highest BCUT2D eigenvalue weighted by Gasteiger charge is 2.32. The van der Waals surface area contributed by atoms with E-state index >= 15 is 0 Å². The Hall–Kier alpha value is -3.20. The number of rotatable bonds is 6. The number of para-hydroxylation sites is 2. The predicted molar refractivity (Wildman–Crippen MR) is 134 cm³/mol. The SMILES string of the molecule is Cc1ccc(S(=O)(=O)N2CCN(CCNC(=O)C3c4ccccc4Oc4ccccc43)CC2)cc1. The molecule has 3 aromatic carbocycles. The van der Waals surface area contributed by atoms with E-state index in [-0.39, 0.29) is 5.91 Å². The quantitative estimate of drug-likeness (QED) is 0.572. The summed E-state index contributed by atoms with van der Waals surface area (Å²) in [6.07, 6.45) is 0. The molecule has 1 saturated heterocycles. The molecule has 7 nitrogen and oxygen atoms in total. The molecular formula is C27H29N3O4S. The monoisotopic (exact) mass is 491 g/mol. The molecule has 2 aliphatic heterocycles. The van der Waals surface area contributed by atoms with E-state index in [2.05, 4.69) is 10.2 Å². The number of carbonyl (C=O) groups excluding carboxylic acids is 1. The van der Waals surface area contributed by atoms with Gasteiger partial charge in [-0.25, -0.2) is 8.42 Å². The first kappa shape index (κ1) is 23.5. The highest BCUT2D eigenvalue weighted by atomic mass is 32.2. The molecule has 35 heavy (non-hydrogen) atoms. The average Bonchev–Trinajstić information content (AvgIpc) is 2.87. The van der Waals surface area contributed by atoms with Gasteiger partial charge in [0, 0.05) is 50.4 Å². The van der Waals surface area contributed by atoms with Gasteiger partial charge in [-0.15, -0.1) is 0 Å². The van der Waals surface area contributed by atoms with Gasteiger partial charge in [0.15, 0.2) is 0 Å².